The second-order valence-electron chi connectivity index (χ2n) is 6.12. The Bertz CT molecular complexity index is 894. The molecule has 9 nitrogen and oxygen atoms in total. The number of sulfonamides is 1. The van der Waals surface area contributed by atoms with Crippen LogP contribution in [-0.4, -0.2) is 80.2 Å². The van der Waals surface area contributed by atoms with Crippen molar-refractivity contribution >= 4 is 25.8 Å². The number of hydrazine groups is 1. The lowest BCUT2D eigenvalue weighted by atomic mass is 10.1. The van der Waals surface area contributed by atoms with E-state index in [2.05, 4.69) is 0 Å². The second-order valence-corrected chi connectivity index (χ2v) is 10.0. The van der Waals surface area contributed by atoms with Gasteiger partial charge in [0.25, 0.3) is 10.0 Å². The maximum atomic E-state index is 13.1. The first-order valence-electron chi connectivity index (χ1n) is 7.31. The van der Waals surface area contributed by atoms with E-state index in [0.29, 0.717) is 5.56 Å². The molecule has 0 saturated carbocycles. The average molecular weight is 392 g/mol. The van der Waals surface area contributed by atoms with Gasteiger partial charge in [0.2, 0.25) is 0 Å². The van der Waals surface area contributed by atoms with E-state index in [1.165, 1.54) is 38.2 Å². The van der Waals surface area contributed by atoms with Crippen LogP contribution in [0.15, 0.2) is 23.1 Å². The highest BCUT2D eigenvalue weighted by Crippen LogP contribution is 2.28. The van der Waals surface area contributed by atoms with Crippen molar-refractivity contribution in [3.8, 4) is 0 Å². The van der Waals surface area contributed by atoms with Gasteiger partial charge in [-0.1, -0.05) is 6.07 Å². The highest BCUT2D eigenvalue weighted by Gasteiger charge is 2.46. The molecular formula is C14H20N2O7S2. The number of aryl methyl sites for hydroxylation is 1. The van der Waals surface area contributed by atoms with Crippen molar-refractivity contribution < 1.29 is 31.8 Å². The minimum atomic E-state index is -4.28. The lowest BCUT2D eigenvalue weighted by Crippen LogP contribution is -2.53. The van der Waals surface area contributed by atoms with Gasteiger partial charge < -0.3 is 10.2 Å². The third kappa shape index (κ3) is 3.85. The van der Waals surface area contributed by atoms with E-state index in [1.807, 2.05) is 0 Å². The molecule has 1 saturated heterocycles. The highest BCUT2D eigenvalue weighted by molar-refractivity contribution is 7.92. The maximum absolute atomic E-state index is 13.1. The normalized spacial score (nSPS) is 23.3. The minimum Gasteiger partial charge on any atom is -0.478 e. The number of carboxylic acids is 1. The number of benzene rings is 1. The van der Waals surface area contributed by atoms with Gasteiger partial charge in [-0.25, -0.2) is 26.6 Å². The lowest BCUT2D eigenvalue weighted by Gasteiger charge is -2.34. The molecule has 2 atom stereocenters. The summed E-state index contributed by atoms with van der Waals surface area (Å²) in [6.45, 7) is 1.51. The Morgan fingerprint density at radius 1 is 1.24 bits per heavy atom. The van der Waals surface area contributed by atoms with Gasteiger partial charge in [-0.15, -0.1) is 4.41 Å². The lowest BCUT2D eigenvalue weighted by molar-refractivity contribution is 0.0271. The molecule has 0 radical (unpaired) electrons. The maximum Gasteiger partial charge on any atom is 0.335 e. The SMILES string of the molecule is Cc1ccc(C(=O)O)cc1S(=O)(=O)N([C@H]1CS(=O)(=O)C[C@H]1O)N(C)C. The average Bonchev–Trinajstić information content (AvgIpc) is 2.71. The summed E-state index contributed by atoms with van der Waals surface area (Å²) in [5.74, 6) is -2.31. The number of aliphatic hydroxyl groups is 1. The van der Waals surface area contributed by atoms with Crippen molar-refractivity contribution in [3.63, 3.8) is 0 Å². The number of hydrogen-bond acceptors (Lipinski definition) is 7. The predicted molar refractivity (Wildman–Crippen MR) is 89.3 cm³/mol. The molecule has 2 rings (SSSR count). The zero-order valence-corrected chi connectivity index (χ0v) is 15.6. The first-order valence-corrected chi connectivity index (χ1v) is 10.6. The van der Waals surface area contributed by atoms with Gasteiger partial charge in [0.1, 0.15) is 0 Å². The van der Waals surface area contributed by atoms with Gasteiger partial charge in [-0.2, -0.15) is 0 Å². The molecule has 25 heavy (non-hydrogen) atoms. The Labute approximate surface area is 146 Å². The summed E-state index contributed by atoms with van der Waals surface area (Å²) in [4.78, 5) is 10.9. The van der Waals surface area contributed by atoms with Crippen LogP contribution in [0, 0.1) is 6.92 Å². The summed E-state index contributed by atoms with van der Waals surface area (Å²) < 4.78 is 50.5. The second kappa shape index (κ2) is 6.65. The van der Waals surface area contributed by atoms with Crippen LogP contribution < -0.4 is 0 Å². The van der Waals surface area contributed by atoms with Gasteiger partial charge in [-0.05, 0) is 24.6 Å². The van der Waals surface area contributed by atoms with Crippen molar-refractivity contribution in [2.75, 3.05) is 25.6 Å². The Morgan fingerprint density at radius 3 is 2.28 bits per heavy atom. The number of rotatable bonds is 5. The molecule has 1 aromatic carbocycles. The van der Waals surface area contributed by atoms with Crippen molar-refractivity contribution in [2.45, 2.75) is 24.0 Å². The summed E-state index contributed by atoms with van der Waals surface area (Å²) in [7, 11) is -5.04. The van der Waals surface area contributed by atoms with Crippen LogP contribution in [0.3, 0.4) is 0 Å². The highest BCUT2D eigenvalue weighted by atomic mass is 32.2. The number of sulfone groups is 1. The molecule has 11 heteroatoms. The first-order chi connectivity index (χ1) is 11.4. The molecule has 1 fully saturated rings. The smallest absolute Gasteiger partial charge is 0.335 e. The summed E-state index contributed by atoms with van der Waals surface area (Å²) in [5, 5.41) is 20.3. The number of aliphatic hydroxyl groups excluding tert-OH is 1. The van der Waals surface area contributed by atoms with E-state index in [0.717, 1.165) is 10.5 Å². The third-order valence-electron chi connectivity index (χ3n) is 3.93. The Kier molecular flexibility index (Phi) is 5.26. The zero-order valence-electron chi connectivity index (χ0n) is 13.9. The van der Waals surface area contributed by atoms with E-state index in [1.54, 1.807) is 0 Å². The molecule has 1 heterocycles. The summed E-state index contributed by atoms with van der Waals surface area (Å²) in [6, 6.07) is 2.49. The first kappa shape index (κ1) is 19.8. The quantitative estimate of drug-likeness (QED) is 0.630. The Balaban J connectivity index is 2.59. The Hall–Kier alpha value is -1.53. The minimum absolute atomic E-state index is 0.206. The van der Waals surface area contributed by atoms with Crippen LogP contribution >= 0.6 is 0 Å². The summed E-state index contributed by atoms with van der Waals surface area (Å²) in [6.07, 6.45) is -1.37. The standard InChI is InChI=1S/C14H20N2O7S2/c1-9-4-5-10(14(18)19)6-13(9)25(22,23)16(15(2)3)11-7-24(20,21)8-12(11)17/h4-6,11-12,17H,7-8H2,1-3H3,(H,18,19)/t11-,12+/m0/s1. The molecule has 0 amide bonds. The number of nitrogens with zero attached hydrogens (tertiary/aromatic N) is 2. The van der Waals surface area contributed by atoms with Gasteiger partial charge in [0.05, 0.1) is 34.1 Å². The van der Waals surface area contributed by atoms with Crippen LogP contribution in [0.2, 0.25) is 0 Å². The molecule has 1 aliphatic rings. The van der Waals surface area contributed by atoms with Gasteiger partial charge in [0.15, 0.2) is 9.84 Å². The molecule has 0 unspecified atom stereocenters. The molecule has 1 aliphatic heterocycles. The van der Waals surface area contributed by atoms with Crippen molar-refractivity contribution in [1.82, 2.24) is 9.42 Å². The van der Waals surface area contributed by atoms with Crippen LogP contribution in [0.4, 0.5) is 0 Å². The summed E-state index contributed by atoms with van der Waals surface area (Å²) >= 11 is 0. The molecule has 1 aromatic rings. The Morgan fingerprint density at radius 2 is 1.84 bits per heavy atom. The number of carbonyl (C=O) groups is 1. The van der Waals surface area contributed by atoms with E-state index >= 15 is 0 Å². The van der Waals surface area contributed by atoms with Gasteiger partial charge in [-0.3, -0.25) is 0 Å². The van der Waals surface area contributed by atoms with Crippen LogP contribution in [0.25, 0.3) is 0 Å². The van der Waals surface area contributed by atoms with E-state index < -0.39 is 49.5 Å². The van der Waals surface area contributed by atoms with Gasteiger partial charge in [0, 0.05) is 14.1 Å². The van der Waals surface area contributed by atoms with Crippen molar-refractivity contribution in [2.24, 2.45) is 0 Å². The van der Waals surface area contributed by atoms with E-state index in [4.69, 9.17) is 5.11 Å². The van der Waals surface area contributed by atoms with Crippen LogP contribution in [0.5, 0.6) is 0 Å². The summed E-state index contributed by atoms with van der Waals surface area (Å²) in [5.41, 5.74) is 0.106. The molecular weight excluding hydrogens is 372 g/mol. The van der Waals surface area contributed by atoms with Crippen molar-refractivity contribution in [1.29, 1.82) is 0 Å². The van der Waals surface area contributed by atoms with Gasteiger partial charge >= 0.3 is 5.97 Å². The van der Waals surface area contributed by atoms with Crippen molar-refractivity contribution in [3.05, 3.63) is 29.3 Å². The predicted octanol–water partition coefficient (Wildman–Crippen LogP) is -0.682. The number of carboxylic acid groups (broad SMARTS) is 1. The molecule has 0 aliphatic carbocycles. The molecule has 0 bridgehead atoms. The molecule has 2 N–H and O–H groups in total. The largest absolute Gasteiger partial charge is 0.478 e. The van der Waals surface area contributed by atoms with E-state index in [9.17, 15) is 26.7 Å². The molecule has 0 aromatic heterocycles. The molecule has 140 valence electrons. The fraction of sp³-hybridized carbons (Fsp3) is 0.500. The topological polar surface area (TPSA) is 132 Å². The number of hydrogen-bond donors (Lipinski definition) is 2. The fourth-order valence-electron chi connectivity index (χ4n) is 2.82. The number of aromatic carboxylic acids is 1. The van der Waals surface area contributed by atoms with Crippen LogP contribution in [-0.2, 0) is 19.9 Å². The molecule has 0 spiro atoms. The monoisotopic (exact) mass is 392 g/mol. The zero-order chi connectivity index (χ0) is 19.2. The van der Waals surface area contributed by atoms with Crippen LogP contribution in [0.1, 0.15) is 15.9 Å². The third-order valence-corrected chi connectivity index (χ3v) is 7.72. The fourth-order valence-corrected chi connectivity index (χ4v) is 6.63. The van der Waals surface area contributed by atoms with E-state index in [-0.39, 0.29) is 10.5 Å².